The molecule has 0 aliphatic carbocycles. The minimum absolute atomic E-state index is 0.221. The van der Waals surface area contributed by atoms with Crippen LogP contribution in [0.5, 0.6) is 0 Å². The Morgan fingerprint density at radius 2 is 1.89 bits per heavy atom. The molecule has 7 nitrogen and oxygen atoms in total. The van der Waals surface area contributed by atoms with E-state index in [2.05, 4.69) is 20.5 Å². The molecule has 3 amide bonds. The number of nitrogens with zero attached hydrogens (tertiary/aromatic N) is 3. The third kappa shape index (κ3) is 5.16. The Kier molecular flexibility index (Phi) is 6.76. The number of hydrogen-bond acceptors (Lipinski definition) is 5. The molecular weight excluding hydrogens is 374 g/mol. The zero-order valence-electron chi connectivity index (χ0n) is 16.1. The molecule has 0 saturated carbocycles. The molecule has 1 fully saturated rings. The van der Waals surface area contributed by atoms with E-state index in [4.69, 9.17) is 0 Å². The van der Waals surface area contributed by atoms with Gasteiger partial charge in [-0.25, -0.2) is 9.78 Å². The molecule has 2 aromatic rings. The average molecular weight is 400 g/mol. The molecule has 1 aliphatic heterocycles. The lowest BCUT2D eigenvalue weighted by Gasteiger charge is -2.35. The molecule has 3 rings (SSSR count). The van der Waals surface area contributed by atoms with Crippen molar-refractivity contribution in [2.45, 2.75) is 17.9 Å². The standard InChI is InChI=1S/C20H25N5O2S/c1-15(19(26)23-16-6-5-7-17(14-16)28-2)22-20(27)25-12-10-24(11-13-25)18-8-3-4-9-21-18/h3-9,14-15H,10-13H2,1-2H3,(H,22,27)(H,23,26)/t15-/m1/s1. The van der Waals surface area contributed by atoms with Gasteiger partial charge in [-0.15, -0.1) is 11.8 Å². The molecule has 0 unspecified atom stereocenters. The van der Waals surface area contributed by atoms with E-state index in [9.17, 15) is 9.59 Å². The monoisotopic (exact) mass is 399 g/mol. The number of nitrogens with one attached hydrogen (secondary N) is 2. The predicted molar refractivity (Wildman–Crippen MR) is 113 cm³/mol. The number of carbonyl (C=O) groups is 2. The zero-order valence-corrected chi connectivity index (χ0v) is 16.9. The number of anilines is 2. The first-order valence-electron chi connectivity index (χ1n) is 9.23. The van der Waals surface area contributed by atoms with Gasteiger partial charge in [-0.1, -0.05) is 12.1 Å². The van der Waals surface area contributed by atoms with Crippen LogP contribution in [-0.4, -0.2) is 60.3 Å². The topological polar surface area (TPSA) is 77.6 Å². The van der Waals surface area contributed by atoms with Crippen LogP contribution in [0, 0.1) is 0 Å². The Balaban J connectivity index is 1.48. The van der Waals surface area contributed by atoms with Crippen molar-refractivity contribution in [3.63, 3.8) is 0 Å². The molecule has 2 heterocycles. The van der Waals surface area contributed by atoms with Crippen LogP contribution in [0.15, 0.2) is 53.6 Å². The number of amides is 3. The zero-order chi connectivity index (χ0) is 19.9. The van der Waals surface area contributed by atoms with E-state index in [0.717, 1.165) is 16.4 Å². The summed E-state index contributed by atoms with van der Waals surface area (Å²) in [5.74, 6) is 0.682. The molecule has 0 radical (unpaired) electrons. The summed E-state index contributed by atoms with van der Waals surface area (Å²) in [5, 5.41) is 5.64. The molecule has 0 bridgehead atoms. The van der Waals surface area contributed by atoms with Crippen molar-refractivity contribution in [2.24, 2.45) is 0 Å². The maximum atomic E-state index is 12.5. The second-order valence-corrected chi connectivity index (χ2v) is 7.43. The normalized spacial score (nSPS) is 15.1. The van der Waals surface area contributed by atoms with Crippen molar-refractivity contribution >= 4 is 35.2 Å². The van der Waals surface area contributed by atoms with E-state index in [-0.39, 0.29) is 11.9 Å². The summed E-state index contributed by atoms with van der Waals surface area (Å²) in [6, 6.07) is 12.6. The molecule has 0 spiro atoms. The van der Waals surface area contributed by atoms with Crippen molar-refractivity contribution in [3.05, 3.63) is 48.7 Å². The summed E-state index contributed by atoms with van der Waals surface area (Å²) in [7, 11) is 0. The van der Waals surface area contributed by atoms with Gasteiger partial charge in [-0.2, -0.15) is 0 Å². The lowest BCUT2D eigenvalue weighted by Crippen LogP contribution is -2.54. The fourth-order valence-corrected chi connectivity index (χ4v) is 3.43. The van der Waals surface area contributed by atoms with Crippen molar-refractivity contribution in [1.82, 2.24) is 15.2 Å². The van der Waals surface area contributed by atoms with Crippen LogP contribution >= 0.6 is 11.8 Å². The smallest absolute Gasteiger partial charge is 0.318 e. The average Bonchev–Trinajstić information content (AvgIpc) is 2.74. The Morgan fingerprint density at radius 3 is 2.57 bits per heavy atom. The second-order valence-electron chi connectivity index (χ2n) is 6.55. The van der Waals surface area contributed by atoms with Gasteiger partial charge in [0.05, 0.1) is 0 Å². The van der Waals surface area contributed by atoms with E-state index >= 15 is 0 Å². The van der Waals surface area contributed by atoms with E-state index in [1.807, 2.05) is 48.7 Å². The highest BCUT2D eigenvalue weighted by molar-refractivity contribution is 7.98. The maximum Gasteiger partial charge on any atom is 0.318 e. The third-order valence-corrected chi connectivity index (χ3v) is 5.34. The Labute approximate surface area is 169 Å². The molecule has 1 atom stereocenters. The number of benzene rings is 1. The quantitative estimate of drug-likeness (QED) is 0.756. The summed E-state index contributed by atoms with van der Waals surface area (Å²) < 4.78 is 0. The number of pyridine rings is 1. The van der Waals surface area contributed by atoms with Crippen molar-refractivity contribution in [3.8, 4) is 0 Å². The second kappa shape index (κ2) is 9.45. The number of aromatic nitrogens is 1. The molecule has 28 heavy (non-hydrogen) atoms. The predicted octanol–water partition coefficient (Wildman–Crippen LogP) is 2.66. The highest BCUT2D eigenvalue weighted by Gasteiger charge is 2.24. The summed E-state index contributed by atoms with van der Waals surface area (Å²) in [5.41, 5.74) is 0.724. The van der Waals surface area contributed by atoms with E-state index in [1.165, 1.54) is 0 Å². The SMILES string of the molecule is CSc1cccc(NC(=O)[C@@H](C)NC(=O)N2CCN(c3ccccn3)CC2)c1. The van der Waals surface area contributed by atoms with Gasteiger partial charge in [-0.05, 0) is 43.5 Å². The highest BCUT2D eigenvalue weighted by atomic mass is 32.2. The van der Waals surface area contributed by atoms with Crippen LogP contribution in [0.2, 0.25) is 0 Å². The minimum Gasteiger partial charge on any atom is -0.353 e. The van der Waals surface area contributed by atoms with Crippen LogP contribution < -0.4 is 15.5 Å². The number of rotatable bonds is 5. The van der Waals surface area contributed by atoms with Crippen LogP contribution in [0.1, 0.15) is 6.92 Å². The Hall–Kier alpha value is -2.74. The first kappa shape index (κ1) is 20.0. The lowest BCUT2D eigenvalue weighted by molar-refractivity contribution is -0.117. The first-order valence-corrected chi connectivity index (χ1v) is 10.5. The first-order chi connectivity index (χ1) is 13.6. The summed E-state index contributed by atoms with van der Waals surface area (Å²) >= 11 is 1.61. The molecule has 8 heteroatoms. The number of piperazine rings is 1. The summed E-state index contributed by atoms with van der Waals surface area (Å²) in [6.45, 7) is 4.30. The van der Waals surface area contributed by atoms with Crippen LogP contribution in [0.25, 0.3) is 0 Å². The largest absolute Gasteiger partial charge is 0.353 e. The number of hydrogen-bond donors (Lipinski definition) is 2. The van der Waals surface area contributed by atoms with Crippen LogP contribution in [0.4, 0.5) is 16.3 Å². The highest BCUT2D eigenvalue weighted by Crippen LogP contribution is 2.19. The van der Waals surface area contributed by atoms with E-state index in [1.54, 1.807) is 29.8 Å². The summed E-state index contributed by atoms with van der Waals surface area (Å²) in [4.78, 5) is 34.2. The van der Waals surface area contributed by atoms with E-state index in [0.29, 0.717) is 26.2 Å². The van der Waals surface area contributed by atoms with Crippen LogP contribution in [0.3, 0.4) is 0 Å². The minimum atomic E-state index is -0.626. The van der Waals surface area contributed by atoms with Gasteiger partial charge in [0.25, 0.3) is 0 Å². The molecule has 1 aromatic heterocycles. The van der Waals surface area contributed by atoms with E-state index < -0.39 is 6.04 Å². The molecule has 1 saturated heterocycles. The Bertz CT molecular complexity index is 809. The van der Waals surface area contributed by atoms with Gasteiger partial charge in [0.1, 0.15) is 11.9 Å². The Morgan fingerprint density at radius 1 is 1.11 bits per heavy atom. The number of urea groups is 1. The van der Waals surface area contributed by atoms with Crippen molar-refractivity contribution < 1.29 is 9.59 Å². The molecule has 148 valence electrons. The maximum absolute atomic E-state index is 12.5. The van der Waals surface area contributed by atoms with Crippen molar-refractivity contribution in [2.75, 3.05) is 42.7 Å². The molecular formula is C20H25N5O2S. The van der Waals surface area contributed by atoms with Gasteiger partial charge >= 0.3 is 6.03 Å². The lowest BCUT2D eigenvalue weighted by atomic mass is 10.2. The summed E-state index contributed by atoms with van der Waals surface area (Å²) in [6.07, 6.45) is 3.75. The third-order valence-electron chi connectivity index (χ3n) is 4.61. The van der Waals surface area contributed by atoms with Gasteiger partial charge in [0, 0.05) is 43.0 Å². The van der Waals surface area contributed by atoms with Crippen molar-refractivity contribution in [1.29, 1.82) is 0 Å². The van der Waals surface area contributed by atoms with Crippen LogP contribution in [-0.2, 0) is 4.79 Å². The molecule has 2 N–H and O–H groups in total. The number of thioether (sulfide) groups is 1. The van der Waals surface area contributed by atoms with Gasteiger partial charge < -0.3 is 20.4 Å². The van der Waals surface area contributed by atoms with Gasteiger partial charge in [-0.3, -0.25) is 4.79 Å². The van der Waals surface area contributed by atoms with Gasteiger partial charge in [0.2, 0.25) is 5.91 Å². The molecule has 1 aliphatic rings. The fraction of sp³-hybridized carbons (Fsp3) is 0.350. The van der Waals surface area contributed by atoms with Gasteiger partial charge in [0.15, 0.2) is 0 Å². The fourth-order valence-electron chi connectivity index (χ4n) is 2.97. The molecule has 1 aromatic carbocycles. The number of carbonyl (C=O) groups excluding carboxylic acids is 2.